The fraction of sp³-hybridized carbons (Fsp3) is 0.235. The third-order valence-electron chi connectivity index (χ3n) is 4.36. The molecule has 0 amide bonds. The Kier molecular flexibility index (Phi) is 2.64. The summed E-state index contributed by atoms with van der Waals surface area (Å²) in [6, 6.07) is 14.4. The van der Waals surface area contributed by atoms with Crippen LogP contribution in [0.25, 0.3) is 22.4 Å². The molecule has 106 valence electrons. The lowest BCUT2D eigenvalue weighted by Gasteiger charge is -2.29. The number of nitrogens with two attached hydrogens (primary N) is 2. The third-order valence-corrected chi connectivity index (χ3v) is 4.36. The van der Waals surface area contributed by atoms with Gasteiger partial charge in [-0.05, 0) is 49.6 Å². The molecule has 1 aliphatic rings. The standard InChI is InChI=1S/C17H18N4/c18-11-8-9-16-15(10-11)20-17(21(16)12-4-3-5-12)13-6-1-2-7-14(13)19/h1-2,6-10,12H,3-5,18-19H2. The average molecular weight is 278 g/mol. The highest BCUT2D eigenvalue weighted by molar-refractivity contribution is 5.85. The van der Waals surface area contributed by atoms with Crippen molar-refractivity contribution in [2.75, 3.05) is 11.5 Å². The number of fused-ring (bicyclic) bond motifs is 1. The lowest BCUT2D eigenvalue weighted by molar-refractivity contribution is 0.323. The Hall–Kier alpha value is -2.49. The lowest BCUT2D eigenvalue weighted by Crippen LogP contribution is -2.18. The van der Waals surface area contributed by atoms with Crippen LogP contribution < -0.4 is 11.5 Å². The largest absolute Gasteiger partial charge is 0.399 e. The monoisotopic (exact) mass is 278 g/mol. The summed E-state index contributed by atoms with van der Waals surface area (Å²) in [5, 5.41) is 0. The maximum atomic E-state index is 6.15. The van der Waals surface area contributed by atoms with Crippen LogP contribution in [0.15, 0.2) is 42.5 Å². The number of rotatable bonds is 2. The zero-order valence-corrected chi connectivity index (χ0v) is 11.8. The van der Waals surface area contributed by atoms with Gasteiger partial charge in [-0.1, -0.05) is 12.1 Å². The summed E-state index contributed by atoms with van der Waals surface area (Å²) in [6.45, 7) is 0. The molecule has 0 radical (unpaired) electrons. The van der Waals surface area contributed by atoms with Crippen LogP contribution in [0, 0.1) is 0 Å². The van der Waals surface area contributed by atoms with E-state index >= 15 is 0 Å². The Balaban J connectivity index is 2.01. The molecule has 4 N–H and O–H groups in total. The summed E-state index contributed by atoms with van der Waals surface area (Å²) in [6.07, 6.45) is 3.69. The van der Waals surface area contributed by atoms with E-state index in [1.165, 1.54) is 19.3 Å². The maximum absolute atomic E-state index is 6.15. The van der Waals surface area contributed by atoms with Gasteiger partial charge < -0.3 is 16.0 Å². The SMILES string of the molecule is Nc1ccc2c(c1)nc(-c1ccccc1N)n2C1CCC1. The molecule has 0 aliphatic heterocycles. The third kappa shape index (κ3) is 1.87. The van der Waals surface area contributed by atoms with E-state index in [-0.39, 0.29) is 0 Å². The van der Waals surface area contributed by atoms with Gasteiger partial charge in [0.2, 0.25) is 0 Å². The molecule has 0 bridgehead atoms. The van der Waals surface area contributed by atoms with E-state index in [1.807, 2.05) is 36.4 Å². The molecule has 4 heteroatoms. The minimum Gasteiger partial charge on any atom is -0.399 e. The van der Waals surface area contributed by atoms with Crippen LogP contribution in [0.1, 0.15) is 25.3 Å². The molecule has 2 aromatic carbocycles. The number of nitrogens with zero attached hydrogens (tertiary/aromatic N) is 2. The van der Waals surface area contributed by atoms with Crippen LogP contribution in [0.3, 0.4) is 0 Å². The molecule has 1 aliphatic carbocycles. The van der Waals surface area contributed by atoms with E-state index in [9.17, 15) is 0 Å². The summed E-state index contributed by atoms with van der Waals surface area (Å²) in [7, 11) is 0. The first-order valence-corrected chi connectivity index (χ1v) is 7.36. The highest BCUT2D eigenvalue weighted by Crippen LogP contribution is 2.39. The summed E-state index contributed by atoms with van der Waals surface area (Å²) in [4.78, 5) is 4.81. The van der Waals surface area contributed by atoms with Crippen molar-refractivity contribution in [2.24, 2.45) is 0 Å². The smallest absolute Gasteiger partial charge is 0.143 e. The zero-order valence-electron chi connectivity index (χ0n) is 11.8. The fourth-order valence-electron chi connectivity index (χ4n) is 3.02. The lowest BCUT2D eigenvalue weighted by atomic mass is 9.92. The number of hydrogen-bond acceptors (Lipinski definition) is 3. The fourth-order valence-corrected chi connectivity index (χ4v) is 3.02. The Morgan fingerprint density at radius 3 is 2.57 bits per heavy atom. The minimum atomic E-state index is 0.522. The molecule has 3 aromatic rings. The van der Waals surface area contributed by atoms with Crippen LogP contribution in [0.5, 0.6) is 0 Å². The number of imidazole rings is 1. The summed E-state index contributed by atoms with van der Waals surface area (Å²) >= 11 is 0. The molecule has 0 unspecified atom stereocenters. The molecule has 1 heterocycles. The second-order valence-corrected chi connectivity index (χ2v) is 5.73. The first kappa shape index (κ1) is 12.3. The maximum Gasteiger partial charge on any atom is 0.143 e. The van der Waals surface area contributed by atoms with Crippen molar-refractivity contribution in [3.63, 3.8) is 0 Å². The van der Waals surface area contributed by atoms with Crippen molar-refractivity contribution in [1.29, 1.82) is 0 Å². The van der Waals surface area contributed by atoms with E-state index in [4.69, 9.17) is 16.5 Å². The Labute approximate surface area is 123 Å². The molecule has 4 nitrogen and oxygen atoms in total. The van der Waals surface area contributed by atoms with Gasteiger partial charge in [-0.25, -0.2) is 4.98 Å². The van der Waals surface area contributed by atoms with Crippen molar-refractivity contribution < 1.29 is 0 Å². The first-order valence-electron chi connectivity index (χ1n) is 7.36. The van der Waals surface area contributed by atoms with Crippen molar-refractivity contribution in [3.8, 4) is 11.4 Å². The Bertz CT molecular complexity index is 815. The topological polar surface area (TPSA) is 69.9 Å². The average Bonchev–Trinajstić information content (AvgIpc) is 2.76. The Morgan fingerprint density at radius 2 is 1.86 bits per heavy atom. The second-order valence-electron chi connectivity index (χ2n) is 5.73. The number of nitrogen functional groups attached to an aromatic ring is 2. The van der Waals surface area contributed by atoms with Gasteiger partial charge in [0.05, 0.1) is 11.0 Å². The Morgan fingerprint density at radius 1 is 1.05 bits per heavy atom. The number of benzene rings is 2. The van der Waals surface area contributed by atoms with Crippen molar-refractivity contribution in [1.82, 2.24) is 9.55 Å². The van der Waals surface area contributed by atoms with Crippen molar-refractivity contribution in [2.45, 2.75) is 25.3 Å². The quantitative estimate of drug-likeness (QED) is 0.704. The van der Waals surface area contributed by atoms with E-state index in [0.717, 1.165) is 33.8 Å². The van der Waals surface area contributed by atoms with Crippen LogP contribution in [0.2, 0.25) is 0 Å². The van der Waals surface area contributed by atoms with Gasteiger partial charge in [0, 0.05) is 23.0 Å². The predicted octanol–water partition coefficient (Wildman–Crippen LogP) is 3.59. The van der Waals surface area contributed by atoms with Gasteiger partial charge in [0.25, 0.3) is 0 Å². The van der Waals surface area contributed by atoms with Crippen LogP contribution in [-0.2, 0) is 0 Å². The van der Waals surface area contributed by atoms with Gasteiger partial charge in [-0.2, -0.15) is 0 Å². The first-order chi connectivity index (χ1) is 10.2. The molecule has 0 saturated heterocycles. The molecule has 4 rings (SSSR count). The van der Waals surface area contributed by atoms with Crippen LogP contribution >= 0.6 is 0 Å². The molecule has 0 atom stereocenters. The number of anilines is 2. The molecule has 0 spiro atoms. The summed E-state index contributed by atoms with van der Waals surface area (Å²) < 4.78 is 2.34. The van der Waals surface area contributed by atoms with E-state index in [1.54, 1.807) is 0 Å². The van der Waals surface area contributed by atoms with E-state index in [0.29, 0.717) is 6.04 Å². The number of para-hydroxylation sites is 1. The normalized spacial score (nSPS) is 15.2. The highest BCUT2D eigenvalue weighted by atomic mass is 15.1. The van der Waals surface area contributed by atoms with Crippen molar-refractivity contribution >= 4 is 22.4 Å². The second kappa shape index (κ2) is 4.52. The number of aromatic nitrogens is 2. The van der Waals surface area contributed by atoms with Crippen LogP contribution in [-0.4, -0.2) is 9.55 Å². The van der Waals surface area contributed by atoms with Gasteiger partial charge in [0.1, 0.15) is 5.82 Å². The van der Waals surface area contributed by atoms with Crippen molar-refractivity contribution in [3.05, 3.63) is 42.5 Å². The summed E-state index contributed by atoms with van der Waals surface area (Å²) in [5.74, 6) is 0.957. The molecule has 1 fully saturated rings. The van der Waals surface area contributed by atoms with E-state index < -0.39 is 0 Å². The molecular weight excluding hydrogens is 260 g/mol. The highest BCUT2D eigenvalue weighted by Gasteiger charge is 2.25. The zero-order chi connectivity index (χ0) is 14.4. The predicted molar refractivity (Wildman–Crippen MR) is 86.9 cm³/mol. The van der Waals surface area contributed by atoms with Gasteiger partial charge in [-0.15, -0.1) is 0 Å². The van der Waals surface area contributed by atoms with Gasteiger partial charge >= 0.3 is 0 Å². The minimum absolute atomic E-state index is 0.522. The molecule has 1 saturated carbocycles. The van der Waals surface area contributed by atoms with E-state index in [2.05, 4.69) is 10.6 Å². The van der Waals surface area contributed by atoms with Gasteiger partial charge in [0.15, 0.2) is 0 Å². The molecule has 1 aromatic heterocycles. The summed E-state index contributed by atoms with van der Waals surface area (Å²) in [5.41, 5.74) is 16.7. The number of hydrogen-bond donors (Lipinski definition) is 2. The van der Waals surface area contributed by atoms with Crippen LogP contribution in [0.4, 0.5) is 11.4 Å². The molecule has 21 heavy (non-hydrogen) atoms. The van der Waals surface area contributed by atoms with Gasteiger partial charge in [-0.3, -0.25) is 0 Å². The molecular formula is C17H18N4.